The Hall–Kier alpha value is -1.49. The van der Waals surface area contributed by atoms with Crippen LogP contribution in [0.15, 0.2) is 36.4 Å². The van der Waals surface area contributed by atoms with Gasteiger partial charge in [-0.25, -0.2) is 4.39 Å². The summed E-state index contributed by atoms with van der Waals surface area (Å²) in [5, 5.41) is 6.28. The van der Waals surface area contributed by atoms with Crippen LogP contribution in [0.3, 0.4) is 0 Å². The number of hydrogen-bond acceptors (Lipinski definition) is 2. The molecule has 0 saturated heterocycles. The van der Waals surface area contributed by atoms with Crippen LogP contribution in [0.1, 0.15) is 0 Å². The normalized spacial score (nSPS) is 10.3. The van der Waals surface area contributed by atoms with E-state index < -0.39 is 5.82 Å². The van der Waals surface area contributed by atoms with Gasteiger partial charge in [0.05, 0.1) is 22.3 Å². The Kier molecular flexibility index (Phi) is 5.28. The molecule has 0 spiro atoms. The van der Waals surface area contributed by atoms with Crippen molar-refractivity contribution in [3.63, 3.8) is 0 Å². The van der Waals surface area contributed by atoms with Crippen LogP contribution in [0.25, 0.3) is 0 Å². The molecule has 0 aromatic heterocycles. The van der Waals surface area contributed by atoms with Crippen molar-refractivity contribution in [3.8, 4) is 0 Å². The molecular weight excluding hydrogens is 338 g/mol. The van der Waals surface area contributed by atoms with Crippen molar-refractivity contribution >= 4 is 52.1 Å². The summed E-state index contributed by atoms with van der Waals surface area (Å²) >= 11 is 17.4. The highest BCUT2D eigenvalue weighted by molar-refractivity contribution is 6.36. The van der Waals surface area contributed by atoms with Crippen molar-refractivity contribution in [2.45, 2.75) is 0 Å². The van der Waals surface area contributed by atoms with E-state index in [1.807, 2.05) is 0 Å². The van der Waals surface area contributed by atoms with Crippen LogP contribution in [0.2, 0.25) is 15.1 Å². The minimum absolute atomic E-state index is 0.0128. The number of benzene rings is 2. The molecule has 0 aliphatic carbocycles. The number of rotatable bonds is 4. The Bertz CT molecular complexity index is 679. The number of halogens is 4. The van der Waals surface area contributed by atoms with E-state index >= 15 is 0 Å². The van der Waals surface area contributed by atoms with Crippen LogP contribution >= 0.6 is 34.8 Å². The Morgan fingerprint density at radius 1 is 1.05 bits per heavy atom. The van der Waals surface area contributed by atoms with Gasteiger partial charge >= 0.3 is 0 Å². The lowest BCUT2D eigenvalue weighted by atomic mass is 10.3. The third kappa shape index (κ3) is 4.49. The molecule has 3 nitrogen and oxygen atoms in total. The van der Waals surface area contributed by atoms with Crippen molar-refractivity contribution < 1.29 is 9.18 Å². The second kappa shape index (κ2) is 6.98. The van der Waals surface area contributed by atoms with E-state index in [9.17, 15) is 9.18 Å². The van der Waals surface area contributed by atoms with Crippen LogP contribution in [-0.4, -0.2) is 12.5 Å². The fourth-order valence-corrected chi connectivity index (χ4v) is 2.21. The lowest BCUT2D eigenvalue weighted by Crippen LogP contribution is -2.21. The highest BCUT2D eigenvalue weighted by Gasteiger charge is 2.07. The molecule has 0 saturated carbocycles. The molecule has 0 bridgehead atoms. The Balaban J connectivity index is 1.94. The van der Waals surface area contributed by atoms with Crippen molar-refractivity contribution in [2.24, 2.45) is 0 Å². The molecule has 0 fully saturated rings. The molecule has 21 heavy (non-hydrogen) atoms. The molecule has 0 heterocycles. The number of nitrogens with one attached hydrogen (secondary N) is 2. The average molecular weight is 348 g/mol. The number of amides is 1. The van der Waals surface area contributed by atoms with Gasteiger partial charge in [0.2, 0.25) is 5.91 Å². The molecule has 110 valence electrons. The van der Waals surface area contributed by atoms with Gasteiger partial charge < -0.3 is 10.6 Å². The van der Waals surface area contributed by atoms with Gasteiger partial charge in [-0.2, -0.15) is 0 Å². The van der Waals surface area contributed by atoms with Gasteiger partial charge in [-0.3, -0.25) is 4.79 Å². The lowest BCUT2D eigenvalue weighted by molar-refractivity contribution is -0.114. The van der Waals surface area contributed by atoms with E-state index in [2.05, 4.69) is 10.6 Å². The van der Waals surface area contributed by atoms with Crippen LogP contribution in [0.4, 0.5) is 15.8 Å². The summed E-state index contributed by atoms with van der Waals surface area (Å²) in [6, 6.07) is 8.88. The van der Waals surface area contributed by atoms with Gasteiger partial charge in [-0.15, -0.1) is 0 Å². The molecule has 0 aliphatic heterocycles. The van der Waals surface area contributed by atoms with E-state index in [0.717, 1.165) is 0 Å². The maximum absolute atomic E-state index is 13.0. The first-order valence-corrected chi connectivity index (χ1v) is 7.03. The monoisotopic (exact) mass is 346 g/mol. The molecule has 0 atom stereocenters. The Morgan fingerprint density at radius 2 is 1.81 bits per heavy atom. The Morgan fingerprint density at radius 3 is 2.48 bits per heavy atom. The maximum Gasteiger partial charge on any atom is 0.243 e. The summed E-state index contributed by atoms with van der Waals surface area (Å²) in [5.74, 6) is -0.820. The molecule has 2 aromatic rings. The zero-order valence-corrected chi connectivity index (χ0v) is 12.9. The molecule has 7 heteroatoms. The fraction of sp³-hybridized carbons (Fsp3) is 0.0714. The molecule has 0 radical (unpaired) electrons. The first-order chi connectivity index (χ1) is 9.95. The highest BCUT2D eigenvalue weighted by atomic mass is 35.5. The Labute approximate surface area is 136 Å². The fourth-order valence-electron chi connectivity index (χ4n) is 1.57. The topological polar surface area (TPSA) is 41.1 Å². The average Bonchev–Trinajstić information content (AvgIpc) is 2.43. The van der Waals surface area contributed by atoms with Crippen molar-refractivity contribution in [1.29, 1.82) is 0 Å². The van der Waals surface area contributed by atoms with Gasteiger partial charge in [0, 0.05) is 10.7 Å². The summed E-state index contributed by atoms with van der Waals surface area (Å²) in [7, 11) is 0. The van der Waals surface area contributed by atoms with E-state index in [-0.39, 0.29) is 17.5 Å². The first-order valence-electron chi connectivity index (χ1n) is 5.89. The predicted octanol–water partition coefficient (Wildman–Crippen LogP) is 4.84. The van der Waals surface area contributed by atoms with Gasteiger partial charge in [-0.1, -0.05) is 34.8 Å². The van der Waals surface area contributed by atoms with Crippen molar-refractivity contribution in [3.05, 3.63) is 57.3 Å². The van der Waals surface area contributed by atoms with E-state index in [4.69, 9.17) is 34.8 Å². The second-order valence-electron chi connectivity index (χ2n) is 4.15. The van der Waals surface area contributed by atoms with Crippen molar-refractivity contribution in [1.82, 2.24) is 0 Å². The second-order valence-corrected chi connectivity index (χ2v) is 5.41. The number of carbonyl (C=O) groups is 1. The highest BCUT2D eigenvalue weighted by Crippen LogP contribution is 2.25. The third-order valence-corrected chi connectivity index (χ3v) is 3.42. The molecular formula is C14H10Cl3FN2O. The molecule has 2 aromatic carbocycles. The third-order valence-electron chi connectivity index (χ3n) is 2.58. The summed E-state index contributed by atoms with van der Waals surface area (Å²) in [5.41, 5.74) is 1.00. The SMILES string of the molecule is O=C(CNc1ccc(F)c(Cl)c1)Nc1ccc(Cl)cc1Cl. The summed E-state index contributed by atoms with van der Waals surface area (Å²) < 4.78 is 13.0. The molecule has 1 amide bonds. The van der Waals surface area contributed by atoms with Crippen LogP contribution in [0.5, 0.6) is 0 Å². The molecule has 2 rings (SSSR count). The van der Waals surface area contributed by atoms with Gasteiger partial charge in [0.15, 0.2) is 0 Å². The smallest absolute Gasteiger partial charge is 0.243 e. The van der Waals surface area contributed by atoms with Crippen molar-refractivity contribution in [2.75, 3.05) is 17.2 Å². The summed E-state index contributed by atoms with van der Waals surface area (Å²) in [4.78, 5) is 11.8. The minimum atomic E-state index is -0.514. The van der Waals surface area contributed by atoms with Gasteiger partial charge in [-0.05, 0) is 36.4 Å². The van der Waals surface area contributed by atoms with E-state index in [0.29, 0.717) is 21.4 Å². The van der Waals surface area contributed by atoms with Gasteiger partial charge in [0.25, 0.3) is 0 Å². The number of hydrogen-bond donors (Lipinski definition) is 2. The summed E-state index contributed by atoms with van der Waals surface area (Å²) in [6.45, 7) is -0.0130. The van der Waals surface area contributed by atoms with E-state index in [1.54, 1.807) is 12.1 Å². The predicted molar refractivity (Wildman–Crippen MR) is 85.0 cm³/mol. The summed E-state index contributed by atoms with van der Waals surface area (Å²) in [6.07, 6.45) is 0. The van der Waals surface area contributed by atoms with Crippen LogP contribution in [-0.2, 0) is 4.79 Å². The molecule has 0 aliphatic rings. The van der Waals surface area contributed by atoms with Crippen LogP contribution in [0, 0.1) is 5.82 Å². The number of carbonyl (C=O) groups excluding carboxylic acids is 1. The minimum Gasteiger partial charge on any atom is -0.376 e. The zero-order chi connectivity index (χ0) is 15.4. The molecule has 0 unspecified atom stereocenters. The number of anilines is 2. The zero-order valence-electron chi connectivity index (χ0n) is 10.6. The van der Waals surface area contributed by atoms with E-state index in [1.165, 1.54) is 24.3 Å². The molecule has 2 N–H and O–H groups in total. The quantitative estimate of drug-likeness (QED) is 0.831. The lowest BCUT2D eigenvalue weighted by Gasteiger charge is -2.09. The largest absolute Gasteiger partial charge is 0.376 e. The van der Waals surface area contributed by atoms with Gasteiger partial charge in [0.1, 0.15) is 5.82 Å². The maximum atomic E-state index is 13.0. The first kappa shape index (κ1) is 15.9. The van der Waals surface area contributed by atoms with Crippen LogP contribution < -0.4 is 10.6 Å². The standard InChI is InChI=1S/C14H10Cl3FN2O/c15-8-1-4-13(11(17)5-8)20-14(21)7-19-9-2-3-12(18)10(16)6-9/h1-6,19H,7H2,(H,20,21).